The standard InChI is InChI=1S/C24H27N3O2S/c1-29-24-10-6-5-9-23(24)27-17-15-26(16-18-27)19-20-11-13-21(14-12-20)25-30(28)22-7-3-2-4-8-22/h2-14,25H,15-19H2,1H3. The molecule has 0 spiro atoms. The second-order valence-electron chi connectivity index (χ2n) is 7.32. The van der Waals surface area contributed by atoms with Crippen molar-refractivity contribution in [3.05, 3.63) is 84.4 Å². The highest BCUT2D eigenvalue weighted by Crippen LogP contribution is 2.28. The number of anilines is 2. The van der Waals surface area contributed by atoms with Crippen molar-refractivity contribution in [1.29, 1.82) is 0 Å². The van der Waals surface area contributed by atoms with E-state index in [4.69, 9.17) is 4.74 Å². The Morgan fingerprint density at radius 2 is 1.53 bits per heavy atom. The molecule has 1 heterocycles. The monoisotopic (exact) mass is 421 g/mol. The van der Waals surface area contributed by atoms with Gasteiger partial charge in [0.2, 0.25) is 0 Å². The Morgan fingerprint density at radius 3 is 2.23 bits per heavy atom. The van der Waals surface area contributed by atoms with Crippen molar-refractivity contribution < 1.29 is 8.95 Å². The number of methoxy groups -OCH3 is 1. The summed E-state index contributed by atoms with van der Waals surface area (Å²) in [6.07, 6.45) is 0. The summed E-state index contributed by atoms with van der Waals surface area (Å²) in [4.78, 5) is 5.63. The highest BCUT2D eigenvalue weighted by atomic mass is 32.2. The Labute approximate surface area is 180 Å². The number of hydrogen-bond donors (Lipinski definition) is 1. The first-order chi connectivity index (χ1) is 14.7. The number of nitrogens with zero attached hydrogens (tertiary/aromatic N) is 2. The van der Waals surface area contributed by atoms with E-state index < -0.39 is 11.0 Å². The second-order valence-corrected chi connectivity index (χ2v) is 8.53. The molecule has 0 aliphatic carbocycles. The van der Waals surface area contributed by atoms with Gasteiger partial charge in [0.25, 0.3) is 0 Å². The van der Waals surface area contributed by atoms with Gasteiger partial charge in [0.1, 0.15) is 16.7 Å². The van der Waals surface area contributed by atoms with Crippen molar-refractivity contribution in [3.8, 4) is 5.75 Å². The number of hydrogen-bond acceptors (Lipinski definition) is 4. The molecule has 0 aromatic heterocycles. The van der Waals surface area contributed by atoms with Gasteiger partial charge < -0.3 is 14.4 Å². The summed E-state index contributed by atoms with van der Waals surface area (Å²) in [7, 11) is 0.477. The molecule has 1 unspecified atom stereocenters. The molecule has 156 valence electrons. The van der Waals surface area contributed by atoms with Crippen molar-refractivity contribution in [2.75, 3.05) is 42.9 Å². The third kappa shape index (κ3) is 5.01. The van der Waals surface area contributed by atoms with E-state index >= 15 is 0 Å². The fourth-order valence-corrected chi connectivity index (χ4v) is 4.56. The summed E-state index contributed by atoms with van der Waals surface area (Å²) in [5.41, 5.74) is 3.29. The summed E-state index contributed by atoms with van der Waals surface area (Å²) < 4.78 is 21.0. The first kappa shape index (κ1) is 20.4. The predicted molar refractivity (Wildman–Crippen MR) is 123 cm³/mol. The Hall–Kier alpha value is -2.83. The minimum absolute atomic E-state index is 0.773. The first-order valence-corrected chi connectivity index (χ1v) is 11.3. The molecule has 1 saturated heterocycles. The fraction of sp³-hybridized carbons (Fsp3) is 0.250. The van der Waals surface area contributed by atoms with Crippen molar-refractivity contribution in [2.24, 2.45) is 0 Å². The smallest absolute Gasteiger partial charge is 0.150 e. The Balaban J connectivity index is 1.30. The topological polar surface area (TPSA) is 44.8 Å². The van der Waals surface area contributed by atoms with Crippen LogP contribution in [0.15, 0.2) is 83.8 Å². The molecule has 1 aliphatic heterocycles. The van der Waals surface area contributed by atoms with E-state index in [1.165, 1.54) is 11.3 Å². The van der Waals surface area contributed by atoms with E-state index in [1.807, 2.05) is 54.6 Å². The number of rotatable bonds is 7. The number of nitrogens with one attached hydrogen (secondary N) is 1. The van der Waals surface area contributed by atoms with Gasteiger partial charge in [-0.15, -0.1) is 0 Å². The average Bonchev–Trinajstić information content (AvgIpc) is 2.81. The molecule has 1 fully saturated rings. The molecule has 1 N–H and O–H groups in total. The molecule has 3 aromatic rings. The summed E-state index contributed by atoms with van der Waals surface area (Å²) in [6.45, 7) is 4.90. The maximum atomic E-state index is 12.4. The van der Waals surface area contributed by atoms with Crippen LogP contribution in [0, 0.1) is 0 Å². The molecular weight excluding hydrogens is 394 g/mol. The Kier molecular flexibility index (Phi) is 6.67. The van der Waals surface area contributed by atoms with E-state index in [1.54, 1.807) is 7.11 Å². The van der Waals surface area contributed by atoms with Gasteiger partial charge in [0, 0.05) is 38.4 Å². The highest BCUT2D eigenvalue weighted by molar-refractivity contribution is 7.86. The fourth-order valence-electron chi connectivity index (χ4n) is 3.68. The van der Waals surface area contributed by atoms with E-state index in [9.17, 15) is 4.21 Å². The van der Waals surface area contributed by atoms with Crippen molar-refractivity contribution in [1.82, 2.24) is 4.90 Å². The largest absolute Gasteiger partial charge is 0.495 e. The summed E-state index contributed by atoms with van der Waals surface area (Å²) in [5, 5.41) is 0. The van der Waals surface area contributed by atoms with Crippen LogP contribution in [0.3, 0.4) is 0 Å². The first-order valence-electron chi connectivity index (χ1n) is 10.2. The van der Waals surface area contributed by atoms with Gasteiger partial charge in [-0.05, 0) is 42.0 Å². The van der Waals surface area contributed by atoms with E-state index in [0.717, 1.165) is 49.1 Å². The summed E-state index contributed by atoms with van der Waals surface area (Å²) in [6, 6.07) is 25.9. The Bertz CT molecular complexity index is 971. The van der Waals surface area contributed by atoms with Crippen LogP contribution in [0.1, 0.15) is 5.56 Å². The second kappa shape index (κ2) is 9.78. The molecule has 0 amide bonds. The van der Waals surface area contributed by atoms with Crippen LogP contribution in [0.5, 0.6) is 5.75 Å². The van der Waals surface area contributed by atoms with E-state index in [-0.39, 0.29) is 0 Å². The lowest BCUT2D eigenvalue weighted by molar-refractivity contribution is 0.249. The van der Waals surface area contributed by atoms with Gasteiger partial charge in [0.05, 0.1) is 17.7 Å². The minimum Gasteiger partial charge on any atom is -0.495 e. The van der Waals surface area contributed by atoms with Gasteiger partial charge in [-0.1, -0.05) is 42.5 Å². The van der Waals surface area contributed by atoms with Crippen LogP contribution in [0.25, 0.3) is 0 Å². The number of para-hydroxylation sites is 2. The van der Waals surface area contributed by atoms with Crippen LogP contribution < -0.4 is 14.4 Å². The molecule has 3 aromatic carbocycles. The molecule has 0 radical (unpaired) electrons. The van der Waals surface area contributed by atoms with Crippen LogP contribution in [0.2, 0.25) is 0 Å². The lowest BCUT2D eigenvalue weighted by Gasteiger charge is -2.36. The average molecular weight is 422 g/mol. The number of benzene rings is 3. The summed E-state index contributed by atoms with van der Waals surface area (Å²) >= 11 is 0. The molecule has 0 saturated carbocycles. The van der Waals surface area contributed by atoms with Gasteiger partial charge in [-0.2, -0.15) is 0 Å². The summed E-state index contributed by atoms with van der Waals surface area (Å²) in [5.74, 6) is 0.932. The molecular formula is C24H27N3O2S. The SMILES string of the molecule is COc1ccccc1N1CCN(Cc2ccc(NS(=O)c3ccccc3)cc2)CC1. The predicted octanol–water partition coefficient (Wildman–Crippen LogP) is 4.15. The zero-order valence-electron chi connectivity index (χ0n) is 17.2. The lowest BCUT2D eigenvalue weighted by Crippen LogP contribution is -2.46. The molecule has 1 atom stereocenters. The maximum absolute atomic E-state index is 12.4. The quantitative estimate of drug-likeness (QED) is 0.622. The minimum atomic E-state index is -1.25. The third-order valence-electron chi connectivity index (χ3n) is 5.33. The number of piperazine rings is 1. The van der Waals surface area contributed by atoms with Crippen molar-refractivity contribution >= 4 is 22.4 Å². The zero-order valence-corrected chi connectivity index (χ0v) is 18.0. The highest BCUT2D eigenvalue weighted by Gasteiger charge is 2.19. The van der Waals surface area contributed by atoms with Crippen LogP contribution in [-0.4, -0.2) is 42.4 Å². The normalized spacial score (nSPS) is 15.6. The number of ether oxygens (including phenoxy) is 1. The Morgan fingerprint density at radius 1 is 0.867 bits per heavy atom. The van der Waals surface area contributed by atoms with Gasteiger partial charge in [-0.25, -0.2) is 4.21 Å². The van der Waals surface area contributed by atoms with Gasteiger partial charge in [-0.3, -0.25) is 4.90 Å². The third-order valence-corrected chi connectivity index (χ3v) is 6.45. The van der Waals surface area contributed by atoms with E-state index in [0.29, 0.717) is 0 Å². The van der Waals surface area contributed by atoms with Crippen LogP contribution in [0.4, 0.5) is 11.4 Å². The van der Waals surface area contributed by atoms with Crippen LogP contribution >= 0.6 is 0 Å². The molecule has 1 aliphatic rings. The maximum Gasteiger partial charge on any atom is 0.150 e. The molecule has 0 bridgehead atoms. The molecule has 4 rings (SSSR count). The lowest BCUT2D eigenvalue weighted by atomic mass is 10.1. The zero-order chi connectivity index (χ0) is 20.8. The van der Waals surface area contributed by atoms with Gasteiger partial charge in [0.15, 0.2) is 0 Å². The molecule has 6 heteroatoms. The van der Waals surface area contributed by atoms with Crippen molar-refractivity contribution in [2.45, 2.75) is 11.4 Å². The van der Waals surface area contributed by atoms with Crippen LogP contribution in [-0.2, 0) is 17.5 Å². The molecule has 5 nitrogen and oxygen atoms in total. The van der Waals surface area contributed by atoms with E-state index in [2.05, 4.69) is 38.8 Å². The van der Waals surface area contributed by atoms with Crippen molar-refractivity contribution in [3.63, 3.8) is 0 Å². The molecule has 30 heavy (non-hydrogen) atoms. The van der Waals surface area contributed by atoms with Gasteiger partial charge >= 0.3 is 0 Å².